The highest BCUT2D eigenvalue weighted by molar-refractivity contribution is 6.31. The van der Waals surface area contributed by atoms with E-state index in [-0.39, 0.29) is 5.69 Å². The lowest BCUT2D eigenvalue weighted by molar-refractivity contribution is 0.0691. The Morgan fingerprint density at radius 3 is 2.73 bits per heavy atom. The molecule has 3 aromatic rings. The fourth-order valence-corrected chi connectivity index (χ4v) is 4.52. The van der Waals surface area contributed by atoms with Gasteiger partial charge in [-0.15, -0.1) is 0 Å². The SMILES string of the molecule is Cc1nc2ccc(C(=O)O)nc2n1Cc1ccc(NCCC2CCCCC2)cc1Cl. The number of nitrogens with one attached hydrogen (secondary N) is 1. The first-order valence-electron chi connectivity index (χ1n) is 10.6. The van der Waals surface area contributed by atoms with Crippen molar-refractivity contribution in [2.45, 2.75) is 52.0 Å². The van der Waals surface area contributed by atoms with Crippen LogP contribution < -0.4 is 5.32 Å². The third-order valence-corrected chi connectivity index (χ3v) is 6.34. The maximum atomic E-state index is 11.3. The van der Waals surface area contributed by atoms with Gasteiger partial charge in [-0.25, -0.2) is 14.8 Å². The molecule has 1 aromatic carbocycles. The molecule has 30 heavy (non-hydrogen) atoms. The van der Waals surface area contributed by atoms with E-state index in [0.717, 1.165) is 29.5 Å². The van der Waals surface area contributed by atoms with Crippen LogP contribution in [-0.2, 0) is 6.54 Å². The summed E-state index contributed by atoms with van der Waals surface area (Å²) in [5, 5.41) is 13.4. The van der Waals surface area contributed by atoms with Crippen molar-refractivity contribution in [1.29, 1.82) is 0 Å². The van der Waals surface area contributed by atoms with E-state index >= 15 is 0 Å². The summed E-state index contributed by atoms with van der Waals surface area (Å²) in [6, 6.07) is 9.19. The molecule has 7 heteroatoms. The molecule has 1 fully saturated rings. The van der Waals surface area contributed by atoms with Gasteiger partial charge < -0.3 is 15.0 Å². The maximum absolute atomic E-state index is 11.3. The number of carbonyl (C=O) groups is 1. The normalized spacial score (nSPS) is 14.9. The van der Waals surface area contributed by atoms with Crippen molar-refractivity contribution in [3.63, 3.8) is 0 Å². The summed E-state index contributed by atoms with van der Waals surface area (Å²) in [6.45, 7) is 3.34. The van der Waals surface area contributed by atoms with Gasteiger partial charge in [-0.2, -0.15) is 0 Å². The van der Waals surface area contributed by atoms with Crippen LogP contribution in [0.25, 0.3) is 11.2 Å². The predicted molar refractivity (Wildman–Crippen MR) is 119 cm³/mol. The number of carboxylic acids is 1. The fraction of sp³-hybridized carbons (Fsp3) is 0.435. The molecule has 0 saturated heterocycles. The van der Waals surface area contributed by atoms with E-state index in [2.05, 4.69) is 15.3 Å². The van der Waals surface area contributed by atoms with Crippen LogP contribution in [0.3, 0.4) is 0 Å². The molecule has 0 radical (unpaired) electrons. The van der Waals surface area contributed by atoms with Crippen molar-refractivity contribution in [2.75, 3.05) is 11.9 Å². The van der Waals surface area contributed by atoms with E-state index in [9.17, 15) is 9.90 Å². The molecule has 1 saturated carbocycles. The van der Waals surface area contributed by atoms with Gasteiger partial charge in [0.2, 0.25) is 0 Å². The van der Waals surface area contributed by atoms with Gasteiger partial charge >= 0.3 is 5.97 Å². The molecule has 0 bridgehead atoms. The van der Waals surface area contributed by atoms with Gasteiger partial charge in [0, 0.05) is 17.3 Å². The minimum Gasteiger partial charge on any atom is -0.477 e. The number of hydrogen-bond donors (Lipinski definition) is 2. The molecule has 0 amide bonds. The second-order valence-electron chi connectivity index (χ2n) is 8.12. The number of aryl methyl sites for hydroxylation is 1. The Morgan fingerprint density at radius 2 is 2.00 bits per heavy atom. The molecule has 1 aliphatic rings. The third-order valence-electron chi connectivity index (χ3n) is 5.99. The molecule has 158 valence electrons. The largest absolute Gasteiger partial charge is 0.477 e. The topological polar surface area (TPSA) is 80.0 Å². The number of nitrogens with zero attached hydrogens (tertiary/aromatic N) is 3. The van der Waals surface area contributed by atoms with Gasteiger partial charge in [0.05, 0.1) is 6.54 Å². The Morgan fingerprint density at radius 1 is 1.20 bits per heavy atom. The van der Waals surface area contributed by atoms with E-state index in [1.54, 1.807) is 6.07 Å². The zero-order valence-corrected chi connectivity index (χ0v) is 18.0. The minimum atomic E-state index is -1.05. The molecule has 1 aliphatic carbocycles. The molecule has 2 aromatic heterocycles. The lowest BCUT2D eigenvalue weighted by Crippen LogP contribution is -2.12. The Balaban J connectivity index is 1.46. The highest BCUT2D eigenvalue weighted by Crippen LogP contribution is 2.27. The van der Waals surface area contributed by atoms with Crippen LogP contribution >= 0.6 is 11.6 Å². The van der Waals surface area contributed by atoms with Crippen molar-refractivity contribution in [2.24, 2.45) is 5.92 Å². The van der Waals surface area contributed by atoms with Crippen molar-refractivity contribution in [1.82, 2.24) is 14.5 Å². The molecular formula is C23H27ClN4O2. The first-order valence-corrected chi connectivity index (χ1v) is 11.0. The standard InChI is InChI=1S/C23H27ClN4O2/c1-15-26-20-9-10-21(23(29)30)27-22(20)28(15)14-17-7-8-18(13-19(17)24)25-12-11-16-5-3-2-4-6-16/h7-10,13,16,25H,2-6,11-12,14H2,1H3,(H,29,30). The summed E-state index contributed by atoms with van der Waals surface area (Å²) in [6.07, 6.45) is 8.05. The maximum Gasteiger partial charge on any atom is 0.354 e. The van der Waals surface area contributed by atoms with Gasteiger partial charge in [0.25, 0.3) is 0 Å². The second kappa shape index (κ2) is 9.04. The number of benzene rings is 1. The Labute approximate surface area is 181 Å². The molecule has 0 atom stereocenters. The average molecular weight is 427 g/mol. The van der Waals surface area contributed by atoms with E-state index in [0.29, 0.717) is 22.7 Å². The molecule has 0 unspecified atom stereocenters. The van der Waals surface area contributed by atoms with Gasteiger partial charge in [-0.3, -0.25) is 0 Å². The number of pyridine rings is 1. The molecule has 0 spiro atoms. The Bertz CT molecular complexity index is 1060. The third kappa shape index (κ3) is 4.59. The molecule has 6 nitrogen and oxygen atoms in total. The number of fused-ring (bicyclic) bond motifs is 1. The van der Waals surface area contributed by atoms with Crippen molar-refractivity contribution in [3.05, 3.63) is 52.4 Å². The number of carboxylic acid groups (broad SMARTS) is 1. The summed E-state index contributed by atoms with van der Waals surface area (Å²) in [4.78, 5) is 20.0. The van der Waals surface area contributed by atoms with E-state index in [1.165, 1.54) is 44.6 Å². The number of anilines is 1. The number of imidazole rings is 1. The van der Waals surface area contributed by atoms with Crippen molar-refractivity contribution < 1.29 is 9.90 Å². The first-order chi connectivity index (χ1) is 14.5. The van der Waals surface area contributed by atoms with Gasteiger partial charge in [0.15, 0.2) is 11.3 Å². The quantitative estimate of drug-likeness (QED) is 0.519. The van der Waals surface area contributed by atoms with Crippen molar-refractivity contribution >= 4 is 34.4 Å². The zero-order valence-electron chi connectivity index (χ0n) is 17.2. The van der Waals surface area contributed by atoms with Crippen molar-refractivity contribution in [3.8, 4) is 0 Å². The summed E-state index contributed by atoms with van der Waals surface area (Å²) < 4.78 is 1.90. The number of hydrogen-bond acceptors (Lipinski definition) is 4. The van der Waals surface area contributed by atoms with Crippen LogP contribution in [0.4, 0.5) is 5.69 Å². The van der Waals surface area contributed by atoms with Crippen LogP contribution in [0, 0.1) is 12.8 Å². The number of aromatic carboxylic acids is 1. The molecule has 2 N–H and O–H groups in total. The number of halogens is 1. The molecular weight excluding hydrogens is 400 g/mol. The van der Waals surface area contributed by atoms with Crippen LogP contribution in [-0.4, -0.2) is 32.2 Å². The summed E-state index contributed by atoms with van der Waals surface area (Å²) >= 11 is 6.57. The lowest BCUT2D eigenvalue weighted by atomic mass is 9.87. The second-order valence-corrected chi connectivity index (χ2v) is 8.52. The smallest absolute Gasteiger partial charge is 0.354 e. The monoisotopic (exact) mass is 426 g/mol. The average Bonchev–Trinajstić information content (AvgIpc) is 3.05. The zero-order chi connectivity index (χ0) is 21.1. The van der Waals surface area contributed by atoms with Crippen LogP contribution in [0.1, 0.15) is 60.4 Å². The molecule has 2 heterocycles. The summed E-state index contributed by atoms with van der Waals surface area (Å²) in [5.41, 5.74) is 3.21. The number of aromatic nitrogens is 3. The van der Waals surface area contributed by atoms with E-state index < -0.39 is 5.97 Å². The number of rotatable bonds is 7. The minimum absolute atomic E-state index is 0.00672. The highest BCUT2D eigenvalue weighted by Gasteiger charge is 2.15. The van der Waals surface area contributed by atoms with Crippen LogP contribution in [0.2, 0.25) is 5.02 Å². The van der Waals surface area contributed by atoms with Crippen LogP contribution in [0.15, 0.2) is 30.3 Å². The Hall–Kier alpha value is -2.60. The molecule has 0 aliphatic heterocycles. The fourth-order valence-electron chi connectivity index (χ4n) is 4.28. The predicted octanol–water partition coefficient (Wildman–Crippen LogP) is 5.52. The van der Waals surface area contributed by atoms with Gasteiger partial charge in [0.1, 0.15) is 11.3 Å². The summed E-state index contributed by atoms with van der Waals surface area (Å²) in [5.74, 6) is 0.566. The van der Waals surface area contributed by atoms with Crippen LogP contribution in [0.5, 0.6) is 0 Å². The van der Waals surface area contributed by atoms with Gasteiger partial charge in [-0.1, -0.05) is 49.8 Å². The Kier molecular flexibility index (Phi) is 6.23. The molecule has 4 rings (SSSR count). The van der Waals surface area contributed by atoms with E-state index in [1.807, 2.05) is 29.7 Å². The van der Waals surface area contributed by atoms with E-state index in [4.69, 9.17) is 11.6 Å². The lowest BCUT2D eigenvalue weighted by Gasteiger charge is -2.21. The summed E-state index contributed by atoms with van der Waals surface area (Å²) in [7, 11) is 0. The highest BCUT2D eigenvalue weighted by atomic mass is 35.5. The van der Waals surface area contributed by atoms with Gasteiger partial charge in [-0.05, 0) is 49.1 Å². The first kappa shape index (κ1) is 20.7.